The monoisotopic (exact) mass is 619 g/mol. The zero-order valence-corrected chi connectivity index (χ0v) is 25.9. The lowest BCUT2D eigenvalue weighted by Gasteiger charge is -2.30. The van der Waals surface area contributed by atoms with Crippen LogP contribution in [-0.4, -0.2) is 87.2 Å². The number of hydrogen-bond acceptors (Lipinski definition) is 8. The number of anilines is 1. The molecular formula is C32H37N5O6S. The van der Waals surface area contributed by atoms with E-state index in [2.05, 4.69) is 10.3 Å². The van der Waals surface area contributed by atoms with Crippen LogP contribution in [0.5, 0.6) is 17.4 Å². The molecule has 3 N–H and O–H groups in total. The molecule has 1 aromatic heterocycles. The van der Waals surface area contributed by atoms with Crippen molar-refractivity contribution in [2.45, 2.75) is 13.8 Å². The van der Waals surface area contributed by atoms with E-state index in [0.717, 1.165) is 16.1 Å². The van der Waals surface area contributed by atoms with Gasteiger partial charge < -0.3 is 29.8 Å². The fourth-order valence-electron chi connectivity index (χ4n) is 5.18. The van der Waals surface area contributed by atoms with Crippen molar-refractivity contribution in [1.29, 1.82) is 0 Å². The van der Waals surface area contributed by atoms with Crippen molar-refractivity contribution in [2.75, 3.05) is 56.5 Å². The number of aromatic nitrogens is 1. The second kappa shape index (κ2) is 13.4. The summed E-state index contributed by atoms with van der Waals surface area (Å²) in [6, 6.07) is 19.7. The number of rotatable bonds is 11. The number of nitrogens with zero attached hydrogens (tertiary/aromatic N) is 3. The molecule has 5 rings (SSSR count). The van der Waals surface area contributed by atoms with Crippen LogP contribution >= 0.6 is 0 Å². The molecule has 4 aromatic rings. The van der Waals surface area contributed by atoms with E-state index in [1.165, 1.54) is 0 Å². The van der Waals surface area contributed by atoms with Crippen molar-refractivity contribution < 1.29 is 27.8 Å². The molecule has 12 heteroatoms. The number of piperazine rings is 1. The van der Waals surface area contributed by atoms with E-state index in [1.807, 2.05) is 50.2 Å². The number of benzene rings is 3. The third-order valence-corrected chi connectivity index (χ3v) is 8.39. The van der Waals surface area contributed by atoms with E-state index in [-0.39, 0.29) is 18.3 Å². The van der Waals surface area contributed by atoms with Gasteiger partial charge in [-0.1, -0.05) is 30.3 Å². The number of aliphatic imine (C=N–C) groups is 1. The topological polar surface area (TPSA) is 137 Å². The quantitative estimate of drug-likeness (QED) is 0.216. The average molecular weight is 620 g/mol. The van der Waals surface area contributed by atoms with Crippen molar-refractivity contribution in [3.63, 3.8) is 0 Å². The van der Waals surface area contributed by atoms with E-state index in [0.29, 0.717) is 84.4 Å². The molecule has 0 aliphatic carbocycles. The Morgan fingerprint density at radius 1 is 0.977 bits per heavy atom. The summed E-state index contributed by atoms with van der Waals surface area (Å²) < 4.78 is 38.2. The SMILES string of the molecule is CCOc1cc2[nH]c(O)c(C(=Nc3ccc(N(CC(=O)N4CCNCC4)S(C)(=O)=O)cc3)c3ccccc3)c2cc1OCC. The number of fused-ring (bicyclic) bond motifs is 1. The highest BCUT2D eigenvalue weighted by Gasteiger charge is 2.25. The number of H-pyrrole nitrogens is 1. The van der Waals surface area contributed by atoms with Gasteiger partial charge in [0.1, 0.15) is 6.54 Å². The first kappa shape index (κ1) is 30.9. The van der Waals surface area contributed by atoms with Crippen molar-refractivity contribution in [3.8, 4) is 17.4 Å². The third kappa shape index (κ3) is 6.81. The summed E-state index contributed by atoms with van der Waals surface area (Å²) in [6.07, 6.45) is 1.09. The Balaban J connectivity index is 1.55. The van der Waals surface area contributed by atoms with E-state index < -0.39 is 10.0 Å². The van der Waals surface area contributed by atoms with Crippen LogP contribution < -0.4 is 19.1 Å². The van der Waals surface area contributed by atoms with Gasteiger partial charge >= 0.3 is 0 Å². The number of ether oxygens (including phenoxy) is 2. The molecule has 11 nitrogen and oxygen atoms in total. The van der Waals surface area contributed by atoms with Crippen molar-refractivity contribution in [2.24, 2.45) is 4.99 Å². The molecule has 1 aliphatic heterocycles. The molecule has 0 atom stereocenters. The molecule has 1 aliphatic rings. The lowest BCUT2D eigenvalue weighted by Crippen LogP contribution is -2.50. The Labute approximate surface area is 257 Å². The predicted octanol–water partition coefficient (Wildman–Crippen LogP) is 4.04. The highest BCUT2D eigenvalue weighted by Crippen LogP contribution is 2.39. The summed E-state index contributed by atoms with van der Waals surface area (Å²) in [5, 5.41) is 15.0. The van der Waals surface area contributed by atoms with Crippen LogP contribution in [0.1, 0.15) is 25.0 Å². The van der Waals surface area contributed by atoms with Crippen LogP contribution in [0.15, 0.2) is 71.7 Å². The second-order valence-corrected chi connectivity index (χ2v) is 12.2. The lowest BCUT2D eigenvalue weighted by molar-refractivity contribution is -0.130. The van der Waals surface area contributed by atoms with Gasteiger partial charge in [0.05, 0.1) is 47.6 Å². The molecule has 0 unspecified atom stereocenters. The number of carbonyl (C=O) groups is 1. The number of aromatic hydroxyl groups is 1. The molecule has 0 bridgehead atoms. The minimum atomic E-state index is -3.74. The molecule has 3 aromatic carbocycles. The maximum atomic E-state index is 12.9. The minimum Gasteiger partial charge on any atom is -0.494 e. The normalized spacial score (nSPS) is 14.1. The van der Waals surface area contributed by atoms with E-state index >= 15 is 0 Å². The van der Waals surface area contributed by atoms with Gasteiger partial charge in [-0.3, -0.25) is 9.10 Å². The standard InChI is InChI=1S/C32H37N5O6S/c1-4-42-27-19-25-26(20-28(27)43-5-2)35-32(39)30(25)31(22-9-7-6-8-10-22)34-23-11-13-24(14-12-23)37(44(3,40)41)21-29(38)36-17-15-33-16-18-36/h6-14,19-20,33,35,39H,4-5,15-18,21H2,1-3H3. The highest BCUT2D eigenvalue weighted by molar-refractivity contribution is 7.92. The number of hydrogen-bond donors (Lipinski definition) is 3. The van der Waals surface area contributed by atoms with Crippen LogP contribution in [0.4, 0.5) is 11.4 Å². The molecule has 44 heavy (non-hydrogen) atoms. The number of amides is 1. The van der Waals surface area contributed by atoms with Gasteiger partial charge in [-0.05, 0) is 44.2 Å². The zero-order valence-electron chi connectivity index (χ0n) is 25.0. The van der Waals surface area contributed by atoms with Gasteiger partial charge in [0, 0.05) is 43.2 Å². The molecule has 1 fully saturated rings. The fraction of sp³-hybridized carbons (Fsp3) is 0.312. The largest absolute Gasteiger partial charge is 0.494 e. The zero-order chi connectivity index (χ0) is 31.3. The molecule has 232 valence electrons. The molecule has 1 amide bonds. The van der Waals surface area contributed by atoms with Crippen LogP contribution in [0.3, 0.4) is 0 Å². The summed E-state index contributed by atoms with van der Waals surface area (Å²) in [6.45, 7) is 6.81. The van der Waals surface area contributed by atoms with Gasteiger partial charge in [-0.15, -0.1) is 0 Å². The first-order chi connectivity index (χ1) is 21.2. The molecule has 0 saturated carbocycles. The number of sulfonamides is 1. The Bertz CT molecular complexity index is 1750. The van der Waals surface area contributed by atoms with Gasteiger partial charge in [-0.2, -0.15) is 0 Å². The fourth-order valence-corrected chi connectivity index (χ4v) is 6.03. The molecule has 0 spiro atoms. The summed E-state index contributed by atoms with van der Waals surface area (Å²) >= 11 is 0. The Hall–Kier alpha value is -4.55. The van der Waals surface area contributed by atoms with E-state index in [9.17, 15) is 18.3 Å². The second-order valence-electron chi connectivity index (χ2n) is 10.3. The van der Waals surface area contributed by atoms with Gasteiger partial charge in [0.2, 0.25) is 15.9 Å². The summed E-state index contributed by atoms with van der Waals surface area (Å²) in [5.74, 6) is 0.800. The summed E-state index contributed by atoms with van der Waals surface area (Å²) in [7, 11) is -3.74. The maximum Gasteiger partial charge on any atom is 0.243 e. The minimum absolute atomic E-state index is 0.0648. The van der Waals surface area contributed by atoms with Gasteiger partial charge in [0.15, 0.2) is 17.4 Å². The Morgan fingerprint density at radius 3 is 2.23 bits per heavy atom. The Morgan fingerprint density at radius 2 is 1.61 bits per heavy atom. The molecule has 0 radical (unpaired) electrons. The van der Waals surface area contributed by atoms with E-state index in [4.69, 9.17) is 14.5 Å². The van der Waals surface area contributed by atoms with Crippen LogP contribution in [0.2, 0.25) is 0 Å². The lowest BCUT2D eigenvalue weighted by atomic mass is 10.0. The predicted molar refractivity (Wildman–Crippen MR) is 172 cm³/mol. The smallest absolute Gasteiger partial charge is 0.243 e. The van der Waals surface area contributed by atoms with Crippen molar-refractivity contribution >= 4 is 43.9 Å². The number of aromatic amines is 1. The van der Waals surface area contributed by atoms with Crippen molar-refractivity contribution in [1.82, 2.24) is 15.2 Å². The highest BCUT2D eigenvalue weighted by atomic mass is 32.2. The van der Waals surface area contributed by atoms with Crippen LogP contribution in [-0.2, 0) is 14.8 Å². The average Bonchev–Trinajstić information content (AvgIpc) is 3.33. The van der Waals surface area contributed by atoms with Crippen molar-refractivity contribution in [3.05, 3.63) is 77.9 Å². The molecule has 1 saturated heterocycles. The van der Waals surface area contributed by atoms with Crippen LogP contribution in [0.25, 0.3) is 10.9 Å². The molecule has 2 heterocycles. The third-order valence-electron chi connectivity index (χ3n) is 7.25. The van der Waals surface area contributed by atoms with Gasteiger partial charge in [0.25, 0.3) is 0 Å². The summed E-state index contributed by atoms with van der Waals surface area (Å²) in [4.78, 5) is 22.6. The van der Waals surface area contributed by atoms with Gasteiger partial charge in [-0.25, -0.2) is 13.4 Å². The first-order valence-corrected chi connectivity index (χ1v) is 16.4. The maximum absolute atomic E-state index is 12.9. The number of nitrogens with one attached hydrogen (secondary N) is 2. The van der Waals surface area contributed by atoms with Crippen LogP contribution in [0, 0.1) is 0 Å². The number of carbonyl (C=O) groups excluding carboxylic acids is 1. The molecular weight excluding hydrogens is 582 g/mol. The Kier molecular flexibility index (Phi) is 9.40. The first-order valence-electron chi connectivity index (χ1n) is 14.5. The summed E-state index contributed by atoms with van der Waals surface area (Å²) in [5.41, 5.74) is 3.29. The van der Waals surface area contributed by atoms with E-state index in [1.54, 1.807) is 35.2 Å².